The van der Waals surface area contributed by atoms with Gasteiger partial charge in [-0.05, 0) is 77.0 Å². The van der Waals surface area contributed by atoms with E-state index in [1.54, 1.807) is 0 Å². The Morgan fingerprint density at radius 3 is 0.935 bits per heavy atom. The van der Waals surface area contributed by atoms with Crippen molar-refractivity contribution in [2.45, 2.75) is 405 Å². The highest BCUT2D eigenvalue weighted by atomic mass is 16.5. The summed E-state index contributed by atoms with van der Waals surface area (Å²) in [6, 6.07) is -0.545. The molecule has 2 atom stereocenters. The average Bonchev–Trinajstić information content (AvgIpc) is 3.43. The Kier molecular flexibility index (Phi) is 65.4. The van der Waals surface area contributed by atoms with Crippen LogP contribution in [0.4, 0.5) is 0 Å². The zero-order valence-corrected chi connectivity index (χ0v) is 52.2. The van der Waals surface area contributed by atoms with Crippen LogP contribution in [0.25, 0.3) is 0 Å². The molecule has 0 saturated carbocycles. The van der Waals surface area contributed by atoms with Crippen LogP contribution in [0.5, 0.6) is 0 Å². The minimum atomic E-state index is -0.667. The molecular formula is C71H137NO5. The number of carbonyl (C=O) groups excluding carboxylic acids is 2. The number of rotatable bonds is 66. The lowest BCUT2D eigenvalue weighted by atomic mass is 10.0. The fourth-order valence-corrected chi connectivity index (χ4v) is 11.1. The van der Waals surface area contributed by atoms with Crippen LogP contribution in [-0.2, 0) is 14.3 Å². The summed E-state index contributed by atoms with van der Waals surface area (Å²) in [5, 5.41) is 23.4. The molecule has 456 valence electrons. The van der Waals surface area contributed by atoms with E-state index in [4.69, 9.17) is 4.74 Å². The largest absolute Gasteiger partial charge is 0.466 e. The number of amides is 1. The van der Waals surface area contributed by atoms with Gasteiger partial charge in [-0.15, -0.1) is 0 Å². The van der Waals surface area contributed by atoms with Crippen LogP contribution in [0.15, 0.2) is 24.3 Å². The molecule has 0 aromatic carbocycles. The molecule has 1 amide bonds. The molecule has 3 N–H and O–H groups in total. The molecule has 0 rings (SSSR count). The van der Waals surface area contributed by atoms with Crippen LogP contribution < -0.4 is 5.32 Å². The second-order valence-corrected chi connectivity index (χ2v) is 24.2. The molecule has 0 spiro atoms. The Morgan fingerprint density at radius 1 is 0.351 bits per heavy atom. The van der Waals surface area contributed by atoms with Gasteiger partial charge >= 0.3 is 5.97 Å². The highest BCUT2D eigenvalue weighted by Gasteiger charge is 2.20. The summed E-state index contributed by atoms with van der Waals surface area (Å²) < 4.78 is 5.48. The number of esters is 1. The van der Waals surface area contributed by atoms with Crippen molar-refractivity contribution in [2.75, 3.05) is 13.2 Å². The predicted octanol–water partition coefficient (Wildman–Crippen LogP) is 22.5. The van der Waals surface area contributed by atoms with Crippen molar-refractivity contribution in [1.29, 1.82) is 0 Å². The van der Waals surface area contributed by atoms with Crippen LogP contribution in [0.2, 0.25) is 0 Å². The second-order valence-electron chi connectivity index (χ2n) is 24.2. The molecule has 0 bridgehead atoms. The number of nitrogens with one attached hydrogen (secondary N) is 1. The van der Waals surface area contributed by atoms with E-state index in [1.807, 2.05) is 0 Å². The van der Waals surface area contributed by atoms with Gasteiger partial charge in [-0.1, -0.05) is 327 Å². The summed E-state index contributed by atoms with van der Waals surface area (Å²) in [6.45, 7) is 4.97. The SMILES string of the molecule is CCCCCC/C=C\CCCCCCCC(=O)OCCCCCCCCCCCCCC/C=C\CCCCCCCCCCCC(=O)NC(CO)C(O)CCCCCCCCCCCCCCCCCCCCCCCC. The first-order valence-corrected chi connectivity index (χ1v) is 35.1. The Balaban J connectivity index is 3.40. The lowest BCUT2D eigenvalue weighted by Crippen LogP contribution is -2.45. The maximum atomic E-state index is 12.5. The fourth-order valence-electron chi connectivity index (χ4n) is 11.1. The minimum Gasteiger partial charge on any atom is -0.466 e. The van der Waals surface area contributed by atoms with Gasteiger partial charge < -0.3 is 20.3 Å². The van der Waals surface area contributed by atoms with Crippen LogP contribution in [0, 0.1) is 0 Å². The molecule has 0 fully saturated rings. The smallest absolute Gasteiger partial charge is 0.305 e. The molecule has 2 unspecified atom stereocenters. The summed E-state index contributed by atoms with van der Waals surface area (Å²) in [5.74, 6) is -0.0287. The van der Waals surface area contributed by atoms with Gasteiger partial charge in [-0.3, -0.25) is 9.59 Å². The first kappa shape index (κ1) is 75.3. The molecule has 0 aromatic heterocycles. The minimum absolute atomic E-state index is 0.00496. The Bertz CT molecular complexity index is 1200. The number of aliphatic hydroxyl groups excluding tert-OH is 2. The topological polar surface area (TPSA) is 95.9 Å². The zero-order chi connectivity index (χ0) is 55.7. The summed E-state index contributed by atoms with van der Waals surface area (Å²) in [4.78, 5) is 24.6. The van der Waals surface area contributed by atoms with Gasteiger partial charge in [0.25, 0.3) is 0 Å². The molecule has 0 saturated heterocycles. The lowest BCUT2D eigenvalue weighted by Gasteiger charge is -2.22. The Morgan fingerprint density at radius 2 is 0.610 bits per heavy atom. The number of allylic oxidation sites excluding steroid dienone is 4. The van der Waals surface area contributed by atoms with Crippen molar-refractivity contribution < 1.29 is 24.5 Å². The van der Waals surface area contributed by atoms with E-state index >= 15 is 0 Å². The van der Waals surface area contributed by atoms with Crippen molar-refractivity contribution >= 4 is 11.9 Å². The number of hydrogen-bond acceptors (Lipinski definition) is 5. The van der Waals surface area contributed by atoms with Crippen molar-refractivity contribution in [3.05, 3.63) is 24.3 Å². The van der Waals surface area contributed by atoms with E-state index in [9.17, 15) is 19.8 Å². The normalized spacial score (nSPS) is 12.6. The van der Waals surface area contributed by atoms with Gasteiger partial charge in [0.15, 0.2) is 0 Å². The molecule has 77 heavy (non-hydrogen) atoms. The first-order chi connectivity index (χ1) is 38.0. The third kappa shape index (κ3) is 63.4. The number of unbranched alkanes of at least 4 members (excludes halogenated alkanes) is 51. The summed E-state index contributed by atoms with van der Waals surface area (Å²) in [5.41, 5.74) is 0. The van der Waals surface area contributed by atoms with Gasteiger partial charge in [0.05, 0.1) is 25.4 Å². The van der Waals surface area contributed by atoms with Crippen LogP contribution in [-0.4, -0.2) is 47.4 Å². The van der Waals surface area contributed by atoms with Gasteiger partial charge in [0, 0.05) is 12.8 Å². The van der Waals surface area contributed by atoms with Gasteiger partial charge in [-0.25, -0.2) is 0 Å². The molecule has 0 aliphatic carbocycles. The first-order valence-electron chi connectivity index (χ1n) is 35.1. The van der Waals surface area contributed by atoms with Crippen LogP contribution in [0.3, 0.4) is 0 Å². The number of hydrogen-bond donors (Lipinski definition) is 3. The Labute approximate surface area is 481 Å². The molecule has 0 radical (unpaired) electrons. The third-order valence-electron chi connectivity index (χ3n) is 16.5. The highest BCUT2D eigenvalue weighted by Crippen LogP contribution is 2.19. The maximum Gasteiger partial charge on any atom is 0.305 e. The molecular weight excluding hydrogens is 947 g/mol. The van der Waals surface area contributed by atoms with E-state index in [-0.39, 0.29) is 18.5 Å². The lowest BCUT2D eigenvalue weighted by molar-refractivity contribution is -0.143. The predicted molar refractivity (Wildman–Crippen MR) is 338 cm³/mol. The second kappa shape index (κ2) is 66.8. The molecule has 0 heterocycles. The van der Waals surface area contributed by atoms with Crippen molar-refractivity contribution in [2.24, 2.45) is 0 Å². The van der Waals surface area contributed by atoms with Gasteiger partial charge in [-0.2, -0.15) is 0 Å². The molecule has 0 aliphatic heterocycles. The quantitative estimate of drug-likeness (QED) is 0.0320. The summed E-state index contributed by atoms with van der Waals surface area (Å²) >= 11 is 0. The third-order valence-corrected chi connectivity index (χ3v) is 16.5. The monoisotopic (exact) mass is 1080 g/mol. The molecule has 0 aliphatic rings. The maximum absolute atomic E-state index is 12.5. The molecule has 0 aromatic rings. The van der Waals surface area contributed by atoms with Crippen molar-refractivity contribution in [3.63, 3.8) is 0 Å². The summed E-state index contributed by atoms with van der Waals surface area (Å²) in [7, 11) is 0. The zero-order valence-electron chi connectivity index (χ0n) is 52.2. The molecule has 6 nitrogen and oxygen atoms in total. The van der Waals surface area contributed by atoms with Crippen molar-refractivity contribution in [1.82, 2.24) is 5.32 Å². The van der Waals surface area contributed by atoms with Gasteiger partial charge in [0.1, 0.15) is 0 Å². The van der Waals surface area contributed by atoms with Crippen molar-refractivity contribution in [3.8, 4) is 0 Å². The van der Waals surface area contributed by atoms with Crippen LogP contribution in [0.1, 0.15) is 393 Å². The van der Waals surface area contributed by atoms with E-state index in [1.165, 1.54) is 315 Å². The average molecular weight is 1080 g/mol. The highest BCUT2D eigenvalue weighted by molar-refractivity contribution is 5.76. The van der Waals surface area contributed by atoms with E-state index in [0.29, 0.717) is 25.9 Å². The van der Waals surface area contributed by atoms with E-state index in [2.05, 4.69) is 43.5 Å². The number of carbonyl (C=O) groups is 2. The fraction of sp³-hybridized carbons (Fsp3) is 0.915. The van der Waals surface area contributed by atoms with Crippen LogP contribution >= 0.6 is 0 Å². The van der Waals surface area contributed by atoms with E-state index in [0.717, 1.165) is 44.9 Å². The summed E-state index contributed by atoms with van der Waals surface area (Å²) in [6.07, 6.45) is 83.6. The number of aliphatic hydroxyl groups is 2. The van der Waals surface area contributed by atoms with Gasteiger partial charge in [0.2, 0.25) is 5.91 Å². The molecule has 6 heteroatoms. The van der Waals surface area contributed by atoms with E-state index < -0.39 is 12.1 Å². The standard InChI is InChI=1S/C71H137NO5/c1-3-5-7-9-11-13-15-17-18-19-20-21-27-30-33-36-40-43-47-51-55-59-63-69(74)68(67-73)72-70(75)64-60-56-52-48-44-41-37-34-31-28-25-23-22-24-26-29-32-35-38-42-46-50-54-58-62-66-77-71(76)65-61-57-53-49-45-39-16-14-12-10-8-6-4-2/h14,16,23,25,68-69,73-74H,3-13,15,17-22,24,26-67H2,1-2H3,(H,72,75)/b16-14-,25-23-. The number of ether oxygens (including phenoxy) is 1. The Hall–Kier alpha value is -1.66.